The molecule has 0 spiro atoms. The Hall–Kier alpha value is -2.92. The first-order valence-corrected chi connectivity index (χ1v) is 9.72. The molecular formula is C23H19BrN2O2. The molecule has 0 radical (unpaired) electrons. The summed E-state index contributed by atoms with van der Waals surface area (Å²) >= 11 is 3.69. The van der Waals surface area contributed by atoms with Gasteiger partial charge in [0.1, 0.15) is 15.9 Å². The summed E-state index contributed by atoms with van der Waals surface area (Å²) in [7, 11) is 1.37. The molecule has 0 fully saturated rings. The van der Waals surface area contributed by atoms with Gasteiger partial charge in [0.05, 0.1) is 12.7 Å². The molecule has 4 aromatic rings. The normalized spacial score (nSPS) is 11.0. The van der Waals surface area contributed by atoms with Crippen molar-refractivity contribution in [3.05, 3.63) is 82.1 Å². The number of esters is 1. The molecular weight excluding hydrogens is 416 g/mol. The SMILES string of the molecule is COC(=O)c1ccn2c(Br)c(-c3ccccc3-c3ccc(C)cc3C)nc2c1. The van der Waals surface area contributed by atoms with Gasteiger partial charge >= 0.3 is 5.97 Å². The van der Waals surface area contributed by atoms with Crippen molar-refractivity contribution >= 4 is 27.5 Å². The number of ether oxygens (including phenoxy) is 1. The fourth-order valence-corrected chi connectivity index (χ4v) is 4.07. The van der Waals surface area contributed by atoms with Crippen molar-refractivity contribution in [3.63, 3.8) is 0 Å². The van der Waals surface area contributed by atoms with E-state index >= 15 is 0 Å². The molecule has 0 aliphatic rings. The van der Waals surface area contributed by atoms with Crippen LogP contribution in [0, 0.1) is 13.8 Å². The number of fused-ring (bicyclic) bond motifs is 1. The molecule has 4 nitrogen and oxygen atoms in total. The van der Waals surface area contributed by atoms with Crippen LogP contribution in [0.4, 0.5) is 0 Å². The van der Waals surface area contributed by atoms with Gasteiger partial charge in [-0.3, -0.25) is 4.40 Å². The third kappa shape index (κ3) is 3.12. The average Bonchev–Trinajstić information content (AvgIpc) is 3.03. The number of pyridine rings is 1. The molecule has 0 atom stereocenters. The molecule has 0 saturated heterocycles. The quantitative estimate of drug-likeness (QED) is 0.380. The van der Waals surface area contributed by atoms with Crippen molar-refractivity contribution in [2.75, 3.05) is 7.11 Å². The number of carbonyl (C=O) groups is 1. The molecule has 0 unspecified atom stereocenters. The second kappa shape index (κ2) is 7.24. The van der Waals surface area contributed by atoms with Crippen LogP contribution in [0.5, 0.6) is 0 Å². The van der Waals surface area contributed by atoms with E-state index in [0.29, 0.717) is 11.2 Å². The molecule has 28 heavy (non-hydrogen) atoms. The van der Waals surface area contributed by atoms with Crippen molar-refractivity contribution in [1.29, 1.82) is 0 Å². The number of benzene rings is 2. The van der Waals surface area contributed by atoms with Gasteiger partial charge in [0.25, 0.3) is 0 Å². The number of imidazole rings is 1. The van der Waals surface area contributed by atoms with E-state index in [9.17, 15) is 4.79 Å². The van der Waals surface area contributed by atoms with E-state index in [-0.39, 0.29) is 5.97 Å². The summed E-state index contributed by atoms with van der Waals surface area (Å²) in [5.41, 5.74) is 7.78. The zero-order valence-corrected chi connectivity index (χ0v) is 17.4. The number of aryl methyl sites for hydroxylation is 2. The predicted molar refractivity (Wildman–Crippen MR) is 115 cm³/mol. The zero-order valence-electron chi connectivity index (χ0n) is 15.9. The lowest BCUT2D eigenvalue weighted by Crippen LogP contribution is -2.01. The van der Waals surface area contributed by atoms with E-state index in [1.165, 1.54) is 23.8 Å². The monoisotopic (exact) mass is 434 g/mol. The first-order valence-electron chi connectivity index (χ1n) is 8.92. The van der Waals surface area contributed by atoms with Crippen LogP contribution >= 0.6 is 15.9 Å². The molecule has 0 bridgehead atoms. The van der Waals surface area contributed by atoms with Gasteiger partial charge < -0.3 is 4.74 Å². The smallest absolute Gasteiger partial charge is 0.338 e. The summed E-state index contributed by atoms with van der Waals surface area (Å²) < 4.78 is 7.58. The summed E-state index contributed by atoms with van der Waals surface area (Å²) in [6.07, 6.45) is 1.82. The van der Waals surface area contributed by atoms with Crippen LogP contribution in [-0.2, 0) is 4.74 Å². The zero-order chi connectivity index (χ0) is 19.8. The lowest BCUT2D eigenvalue weighted by Gasteiger charge is -2.12. The van der Waals surface area contributed by atoms with E-state index in [4.69, 9.17) is 9.72 Å². The Morgan fingerprint density at radius 1 is 1.00 bits per heavy atom. The van der Waals surface area contributed by atoms with E-state index < -0.39 is 0 Å². The maximum Gasteiger partial charge on any atom is 0.338 e. The number of nitrogens with zero attached hydrogens (tertiary/aromatic N) is 2. The first kappa shape index (κ1) is 18.4. The molecule has 140 valence electrons. The largest absolute Gasteiger partial charge is 0.465 e. The number of hydrogen-bond acceptors (Lipinski definition) is 3. The van der Waals surface area contributed by atoms with Crippen LogP contribution in [0.2, 0.25) is 0 Å². The van der Waals surface area contributed by atoms with Gasteiger partial charge in [-0.15, -0.1) is 0 Å². The van der Waals surface area contributed by atoms with Gasteiger partial charge in [0, 0.05) is 11.8 Å². The lowest BCUT2D eigenvalue weighted by atomic mass is 9.94. The second-order valence-corrected chi connectivity index (χ2v) is 7.50. The maximum absolute atomic E-state index is 11.9. The number of halogens is 1. The highest BCUT2D eigenvalue weighted by molar-refractivity contribution is 9.10. The summed E-state index contributed by atoms with van der Waals surface area (Å²) in [5, 5.41) is 0. The maximum atomic E-state index is 11.9. The molecule has 4 rings (SSSR count). The Balaban J connectivity index is 1.91. The molecule has 2 heterocycles. The van der Waals surface area contributed by atoms with Crippen molar-refractivity contribution in [1.82, 2.24) is 9.38 Å². The van der Waals surface area contributed by atoms with Crippen LogP contribution in [0.15, 0.2) is 65.4 Å². The summed E-state index contributed by atoms with van der Waals surface area (Å²) in [6.45, 7) is 4.22. The van der Waals surface area contributed by atoms with Crippen molar-refractivity contribution in [3.8, 4) is 22.4 Å². The highest BCUT2D eigenvalue weighted by Gasteiger charge is 2.18. The molecule has 0 aliphatic carbocycles. The van der Waals surface area contributed by atoms with Crippen LogP contribution in [0.25, 0.3) is 28.0 Å². The van der Waals surface area contributed by atoms with Gasteiger partial charge in [0.2, 0.25) is 0 Å². The molecule has 0 saturated carbocycles. The van der Waals surface area contributed by atoms with E-state index in [2.05, 4.69) is 60.1 Å². The Morgan fingerprint density at radius 2 is 1.75 bits per heavy atom. The third-order valence-corrected chi connectivity index (χ3v) is 5.60. The van der Waals surface area contributed by atoms with Crippen LogP contribution in [0.1, 0.15) is 21.5 Å². The molecule has 5 heteroatoms. The van der Waals surface area contributed by atoms with E-state index in [1.807, 2.05) is 22.7 Å². The van der Waals surface area contributed by atoms with Gasteiger partial charge in [-0.05, 0) is 58.6 Å². The van der Waals surface area contributed by atoms with Crippen LogP contribution in [-0.4, -0.2) is 22.5 Å². The number of hydrogen-bond donors (Lipinski definition) is 0. The Kier molecular flexibility index (Phi) is 4.77. The molecule has 2 aromatic heterocycles. The van der Waals surface area contributed by atoms with Crippen LogP contribution < -0.4 is 0 Å². The predicted octanol–water partition coefficient (Wildman–Crippen LogP) is 5.83. The average molecular weight is 435 g/mol. The van der Waals surface area contributed by atoms with Crippen molar-refractivity contribution in [2.45, 2.75) is 13.8 Å². The number of methoxy groups -OCH3 is 1. The summed E-state index contributed by atoms with van der Waals surface area (Å²) in [4.78, 5) is 16.7. The Labute approximate surface area is 171 Å². The first-order chi connectivity index (χ1) is 13.5. The number of carbonyl (C=O) groups excluding carboxylic acids is 1. The fourth-order valence-electron chi connectivity index (χ4n) is 3.47. The minimum Gasteiger partial charge on any atom is -0.465 e. The molecule has 0 N–H and O–H groups in total. The third-order valence-electron chi connectivity index (χ3n) is 4.84. The topological polar surface area (TPSA) is 43.6 Å². The highest BCUT2D eigenvalue weighted by atomic mass is 79.9. The van der Waals surface area contributed by atoms with Gasteiger partial charge in [-0.25, -0.2) is 9.78 Å². The Bertz CT molecular complexity index is 1210. The van der Waals surface area contributed by atoms with Gasteiger partial charge in [0.15, 0.2) is 0 Å². The Morgan fingerprint density at radius 3 is 2.46 bits per heavy atom. The standard InChI is InChI=1S/C23H19BrN2O2/c1-14-8-9-17(15(2)12-14)18-6-4-5-7-19(18)21-22(24)26-11-10-16(23(27)28-3)13-20(26)25-21/h4-13H,1-3H3. The van der Waals surface area contributed by atoms with Gasteiger partial charge in [-0.2, -0.15) is 0 Å². The second-order valence-electron chi connectivity index (χ2n) is 6.75. The summed E-state index contributed by atoms with van der Waals surface area (Å²) in [6, 6.07) is 18.2. The number of rotatable bonds is 3. The van der Waals surface area contributed by atoms with E-state index in [1.54, 1.807) is 12.1 Å². The summed E-state index contributed by atoms with van der Waals surface area (Å²) in [5.74, 6) is -0.376. The van der Waals surface area contributed by atoms with Crippen molar-refractivity contribution < 1.29 is 9.53 Å². The van der Waals surface area contributed by atoms with Crippen molar-refractivity contribution in [2.24, 2.45) is 0 Å². The highest BCUT2D eigenvalue weighted by Crippen LogP contribution is 2.37. The fraction of sp³-hybridized carbons (Fsp3) is 0.130. The molecule has 2 aromatic carbocycles. The lowest BCUT2D eigenvalue weighted by molar-refractivity contribution is 0.0600. The van der Waals surface area contributed by atoms with Gasteiger partial charge in [-0.1, -0.05) is 48.0 Å². The number of aromatic nitrogens is 2. The minimum absolute atomic E-state index is 0.376. The van der Waals surface area contributed by atoms with Crippen LogP contribution in [0.3, 0.4) is 0 Å². The minimum atomic E-state index is -0.376. The molecule has 0 amide bonds. The van der Waals surface area contributed by atoms with E-state index in [0.717, 1.165) is 21.4 Å². The molecule has 0 aliphatic heterocycles.